The summed E-state index contributed by atoms with van der Waals surface area (Å²) in [5, 5.41) is 8.75. The van der Waals surface area contributed by atoms with Crippen LogP contribution in [0.1, 0.15) is 31.0 Å². The predicted octanol–water partition coefficient (Wildman–Crippen LogP) is 4.04. The number of allylic oxidation sites excluding steroid dienone is 1. The SMILES string of the molecule is C=C(/C=C/c1ccc(N2CCN(c3ccc(C(C)C)nc3)CC2)cc1)NO. The molecule has 2 N–H and O–H groups in total. The Kier molecular flexibility index (Phi) is 6.14. The van der Waals surface area contributed by atoms with Gasteiger partial charge in [-0.15, -0.1) is 0 Å². The first-order valence-electron chi connectivity index (χ1n) is 9.40. The fraction of sp³-hybridized carbons (Fsp3) is 0.318. The number of hydrogen-bond donors (Lipinski definition) is 2. The summed E-state index contributed by atoms with van der Waals surface area (Å²) in [6, 6.07) is 12.8. The van der Waals surface area contributed by atoms with E-state index in [1.807, 2.05) is 17.8 Å². The summed E-state index contributed by atoms with van der Waals surface area (Å²) in [5.41, 5.74) is 7.15. The van der Waals surface area contributed by atoms with Crippen LogP contribution in [-0.4, -0.2) is 36.4 Å². The quantitative estimate of drug-likeness (QED) is 0.598. The van der Waals surface area contributed by atoms with Gasteiger partial charge in [-0.1, -0.05) is 38.6 Å². The minimum absolute atomic E-state index is 0.464. The Morgan fingerprint density at radius 1 is 1.04 bits per heavy atom. The summed E-state index contributed by atoms with van der Waals surface area (Å²) in [6.45, 7) is 12.0. The van der Waals surface area contributed by atoms with E-state index >= 15 is 0 Å². The van der Waals surface area contributed by atoms with E-state index in [9.17, 15) is 0 Å². The monoisotopic (exact) mass is 364 g/mol. The van der Waals surface area contributed by atoms with Crippen LogP contribution < -0.4 is 15.3 Å². The molecule has 1 aromatic heterocycles. The number of anilines is 2. The molecule has 0 radical (unpaired) electrons. The minimum Gasteiger partial charge on any atom is -0.368 e. The van der Waals surface area contributed by atoms with Crippen LogP contribution in [0.3, 0.4) is 0 Å². The summed E-state index contributed by atoms with van der Waals surface area (Å²) in [7, 11) is 0. The number of hydrogen-bond acceptors (Lipinski definition) is 5. The van der Waals surface area contributed by atoms with Crippen LogP contribution in [0.5, 0.6) is 0 Å². The first kappa shape index (κ1) is 19.0. The second-order valence-electron chi connectivity index (χ2n) is 7.13. The topological polar surface area (TPSA) is 51.6 Å². The van der Waals surface area contributed by atoms with Crippen molar-refractivity contribution >= 4 is 17.5 Å². The van der Waals surface area contributed by atoms with Crippen LogP contribution in [0.2, 0.25) is 0 Å². The molecule has 1 aliphatic heterocycles. The molecule has 3 rings (SSSR count). The molecule has 0 amide bonds. The zero-order chi connectivity index (χ0) is 19.2. The Morgan fingerprint density at radius 3 is 2.15 bits per heavy atom. The van der Waals surface area contributed by atoms with Crippen LogP contribution in [0, 0.1) is 0 Å². The van der Waals surface area contributed by atoms with Gasteiger partial charge in [-0.25, -0.2) is 0 Å². The third-order valence-corrected chi connectivity index (χ3v) is 4.89. The van der Waals surface area contributed by atoms with E-state index in [1.165, 1.54) is 11.4 Å². The van der Waals surface area contributed by atoms with E-state index in [0.29, 0.717) is 11.6 Å². The van der Waals surface area contributed by atoms with Gasteiger partial charge in [-0.3, -0.25) is 15.7 Å². The molecule has 1 aliphatic rings. The van der Waals surface area contributed by atoms with Crippen molar-refractivity contribution < 1.29 is 5.21 Å². The first-order chi connectivity index (χ1) is 13.1. The molecule has 142 valence electrons. The maximum Gasteiger partial charge on any atom is 0.0554 e. The molecular weight excluding hydrogens is 336 g/mol. The summed E-state index contributed by atoms with van der Waals surface area (Å²) in [5.74, 6) is 0.465. The van der Waals surface area contributed by atoms with Crippen molar-refractivity contribution in [3.05, 3.63) is 72.2 Å². The number of aromatic nitrogens is 1. The van der Waals surface area contributed by atoms with Crippen LogP contribution in [-0.2, 0) is 0 Å². The average Bonchev–Trinajstić information content (AvgIpc) is 2.72. The van der Waals surface area contributed by atoms with E-state index in [4.69, 9.17) is 5.21 Å². The molecule has 0 saturated carbocycles. The average molecular weight is 364 g/mol. The van der Waals surface area contributed by atoms with Crippen LogP contribution >= 0.6 is 0 Å². The Bertz CT molecular complexity index is 773. The molecular formula is C22H28N4O. The van der Waals surface area contributed by atoms with Crippen molar-refractivity contribution in [2.24, 2.45) is 0 Å². The smallest absolute Gasteiger partial charge is 0.0554 e. The molecule has 5 nitrogen and oxygen atoms in total. The fourth-order valence-corrected chi connectivity index (χ4v) is 3.18. The number of nitrogens with zero attached hydrogens (tertiary/aromatic N) is 3. The van der Waals surface area contributed by atoms with Crippen molar-refractivity contribution in [1.82, 2.24) is 10.5 Å². The van der Waals surface area contributed by atoms with Gasteiger partial charge < -0.3 is 9.80 Å². The van der Waals surface area contributed by atoms with Gasteiger partial charge in [0.05, 0.1) is 17.6 Å². The molecule has 0 unspecified atom stereocenters. The normalized spacial score (nSPS) is 14.8. The molecule has 0 bridgehead atoms. The maximum absolute atomic E-state index is 8.75. The third kappa shape index (κ3) is 4.89. The third-order valence-electron chi connectivity index (χ3n) is 4.89. The molecule has 0 spiro atoms. The fourth-order valence-electron chi connectivity index (χ4n) is 3.18. The summed E-state index contributed by atoms with van der Waals surface area (Å²) >= 11 is 0. The van der Waals surface area contributed by atoms with E-state index < -0.39 is 0 Å². The standard InChI is InChI=1S/C22H28N4O/c1-17(2)22-11-10-21(16-23-22)26-14-12-25(13-15-26)20-8-6-19(7-9-20)5-4-18(3)24-27/h4-11,16-17,24,27H,3,12-15H2,1-2H3/b5-4+. The molecule has 2 heterocycles. The van der Waals surface area contributed by atoms with Gasteiger partial charge >= 0.3 is 0 Å². The van der Waals surface area contributed by atoms with Gasteiger partial charge in [-0.2, -0.15) is 0 Å². The lowest BCUT2D eigenvalue weighted by Gasteiger charge is -2.37. The number of benzene rings is 1. The molecule has 27 heavy (non-hydrogen) atoms. The van der Waals surface area contributed by atoms with Crippen molar-refractivity contribution in [2.75, 3.05) is 36.0 Å². The lowest BCUT2D eigenvalue weighted by Crippen LogP contribution is -2.46. The van der Waals surface area contributed by atoms with E-state index in [2.05, 4.69) is 71.6 Å². The second kappa shape index (κ2) is 8.73. The Hall–Kier alpha value is -2.79. The number of piperazine rings is 1. The minimum atomic E-state index is 0.464. The first-order valence-corrected chi connectivity index (χ1v) is 9.40. The number of pyridine rings is 1. The highest BCUT2D eigenvalue weighted by Gasteiger charge is 2.18. The highest BCUT2D eigenvalue weighted by Crippen LogP contribution is 2.22. The van der Waals surface area contributed by atoms with E-state index in [0.717, 1.165) is 37.4 Å². The summed E-state index contributed by atoms with van der Waals surface area (Å²) in [6.07, 6.45) is 5.66. The molecule has 1 aromatic carbocycles. The van der Waals surface area contributed by atoms with E-state index in [1.54, 1.807) is 6.08 Å². The predicted molar refractivity (Wildman–Crippen MR) is 112 cm³/mol. The van der Waals surface area contributed by atoms with Crippen molar-refractivity contribution in [1.29, 1.82) is 0 Å². The summed E-state index contributed by atoms with van der Waals surface area (Å²) < 4.78 is 0. The Labute approximate surface area is 161 Å². The highest BCUT2D eigenvalue weighted by molar-refractivity contribution is 5.58. The van der Waals surface area contributed by atoms with Crippen molar-refractivity contribution in [3.8, 4) is 0 Å². The largest absolute Gasteiger partial charge is 0.368 e. The zero-order valence-corrected chi connectivity index (χ0v) is 16.1. The lowest BCUT2D eigenvalue weighted by atomic mass is 10.1. The van der Waals surface area contributed by atoms with Crippen LogP contribution in [0.15, 0.2) is 60.9 Å². The molecule has 2 aromatic rings. The van der Waals surface area contributed by atoms with Gasteiger partial charge in [0.2, 0.25) is 0 Å². The van der Waals surface area contributed by atoms with Crippen LogP contribution in [0.4, 0.5) is 11.4 Å². The summed E-state index contributed by atoms with van der Waals surface area (Å²) in [4.78, 5) is 9.40. The maximum atomic E-state index is 8.75. The lowest BCUT2D eigenvalue weighted by molar-refractivity contribution is 0.205. The second-order valence-corrected chi connectivity index (χ2v) is 7.13. The van der Waals surface area contributed by atoms with Gasteiger partial charge in [0.25, 0.3) is 0 Å². The zero-order valence-electron chi connectivity index (χ0n) is 16.1. The number of rotatable bonds is 6. The molecule has 1 fully saturated rings. The number of nitrogens with one attached hydrogen (secondary N) is 1. The molecule has 0 atom stereocenters. The Morgan fingerprint density at radius 2 is 1.63 bits per heavy atom. The van der Waals surface area contributed by atoms with Crippen molar-refractivity contribution in [3.63, 3.8) is 0 Å². The van der Waals surface area contributed by atoms with Gasteiger partial charge in [0.15, 0.2) is 0 Å². The number of hydroxylamine groups is 1. The van der Waals surface area contributed by atoms with Crippen LogP contribution in [0.25, 0.3) is 6.08 Å². The Balaban J connectivity index is 1.57. The highest BCUT2D eigenvalue weighted by atomic mass is 16.5. The van der Waals surface area contributed by atoms with Crippen molar-refractivity contribution in [2.45, 2.75) is 19.8 Å². The molecule has 5 heteroatoms. The van der Waals surface area contributed by atoms with Gasteiger partial charge in [0, 0.05) is 37.6 Å². The van der Waals surface area contributed by atoms with E-state index in [-0.39, 0.29) is 0 Å². The molecule has 1 saturated heterocycles. The van der Waals surface area contributed by atoms with Gasteiger partial charge in [-0.05, 0) is 41.8 Å². The van der Waals surface area contributed by atoms with Gasteiger partial charge in [0.1, 0.15) is 0 Å². The molecule has 0 aliphatic carbocycles.